The van der Waals surface area contributed by atoms with E-state index in [4.69, 9.17) is 5.73 Å². The number of thiazole rings is 1. The van der Waals surface area contributed by atoms with Crippen molar-refractivity contribution in [3.05, 3.63) is 16.1 Å². The summed E-state index contributed by atoms with van der Waals surface area (Å²) in [7, 11) is 0. The van der Waals surface area contributed by atoms with Crippen LogP contribution >= 0.6 is 11.3 Å². The smallest absolute Gasteiger partial charge is 0.167 e. The summed E-state index contributed by atoms with van der Waals surface area (Å²) in [5.74, 6) is 5.60. The van der Waals surface area contributed by atoms with Crippen molar-refractivity contribution in [2.24, 2.45) is 5.73 Å². The fourth-order valence-electron chi connectivity index (χ4n) is 0.539. The van der Waals surface area contributed by atoms with Crippen LogP contribution in [0.3, 0.4) is 0 Å². The molecule has 1 rings (SSSR count). The van der Waals surface area contributed by atoms with Gasteiger partial charge in [0.15, 0.2) is 5.01 Å². The monoisotopic (exact) mass is 152 g/mol. The number of rotatable bonds is 0. The van der Waals surface area contributed by atoms with E-state index in [0.29, 0.717) is 6.54 Å². The second kappa shape index (κ2) is 3.35. The van der Waals surface area contributed by atoms with Crippen LogP contribution in [0, 0.1) is 18.8 Å². The van der Waals surface area contributed by atoms with Crippen LogP contribution in [0.25, 0.3) is 0 Å². The predicted octanol–water partition coefficient (Wildman–Crippen LogP) is 0.762. The van der Waals surface area contributed by atoms with Crippen molar-refractivity contribution in [3.8, 4) is 11.8 Å². The number of nitrogens with two attached hydrogens (primary N) is 1. The molecule has 0 fully saturated rings. The summed E-state index contributed by atoms with van der Waals surface area (Å²) < 4.78 is 0. The Balaban J connectivity index is 2.76. The van der Waals surface area contributed by atoms with Gasteiger partial charge in [0.2, 0.25) is 0 Å². The molecular formula is C7H8N2S. The number of aryl methyl sites for hydroxylation is 1. The van der Waals surface area contributed by atoms with Gasteiger partial charge in [0.1, 0.15) is 0 Å². The number of nitrogens with zero attached hydrogens (tertiary/aromatic N) is 1. The summed E-state index contributed by atoms with van der Waals surface area (Å²) in [4.78, 5) is 5.22. The van der Waals surface area contributed by atoms with E-state index in [0.717, 1.165) is 5.01 Å². The molecule has 0 aliphatic rings. The Bertz CT molecular complexity index is 267. The highest BCUT2D eigenvalue weighted by Crippen LogP contribution is 2.08. The van der Waals surface area contributed by atoms with Crippen LogP contribution in [0.2, 0.25) is 0 Å². The van der Waals surface area contributed by atoms with Crippen molar-refractivity contribution in [1.82, 2.24) is 4.98 Å². The van der Waals surface area contributed by atoms with Crippen LogP contribution in [-0.4, -0.2) is 11.5 Å². The topological polar surface area (TPSA) is 38.9 Å². The maximum Gasteiger partial charge on any atom is 0.167 e. The lowest BCUT2D eigenvalue weighted by atomic mass is 10.6. The first-order chi connectivity index (χ1) is 4.83. The zero-order valence-electron chi connectivity index (χ0n) is 5.72. The second-order valence-corrected chi connectivity index (χ2v) is 3.02. The molecule has 10 heavy (non-hydrogen) atoms. The maximum atomic E-state index is 5.19. The molecule has 0 radical (unpaired) electrons. The lowest BCUT2D eigenvalue weighted by Gasteiger charge is -1.73. The van der Waals surface area contributed by atoms with E-state index in [1.54, 1.807) is 11.3 Å². The zero-order chi connectivity index (χ0) is 7.40. The Labute approximate surface area is 64.1 Å². The standard InChI is InChI=1S/C7H8N2S/c1-6-5-9-7(10-6)3-2-4-8/h5H,4,8H2,1H3. The first-order valence-electron chi connectivity index (χ1n) is 2.94. The molecule has 0 atom stereocenters. The molecule has 2 nitrogen and oxygen atoms in total. The van der Waals surface area contributed by atoms with Crippen LogP contribution < -0.4 is 5.73 Å². The summed E-state index contributed by atoms with van der Waals surface area (Å²) >= 11 is 1.59. The Morgan fingerprint density at radius 1 is 1.80 bits per heavy atom. The molecule has 0 aromatic carbocycles. The molecule has 0 aliphatic heterocycles. The molecule has 0 unspecified atom stereocenters. The second-order valence-electron chi connectivity index (χ2n) is 1.78. The third-order valence-electron chi connectivity index (χ3n) is 0.919. The summed E-state index contributed by atoms with van der Waals surface area (Å²) in [6, 6.07) is 0. The maximum absolute atomic E-state index is 5.19. The zero-order valence-corrected chi connectivity index (χ0v) is 6.53. The normalized spacial score (nSPS) is 8.60. The van der Waals surface area contributed by atoms with Crippen LogP contribution in [0.1, 0.15) is 9.88 Å². The minimum Gasteiger partial charge on any atom is -0.320 e. The molecule has 0 bridgehead atoms. The summed E-state index contributed by atoms with van der Waals surface area (Å²) in [5, 5.41) is 0.850. The Morgan fingerprint density at radius 2 is 2.60 bits per heavy atom. The molecule has 1 aromatic rings. The largest absolute Gasteiger partial charge is 0.320 e. The molecule has 0 saturated heterocycles. The molecule has 0 saturated carbocycles. The van der Waals surface area contributed by atoms with Crippen LogP contribution in [0.4, 0.5) is 0 Å². The molecule has 0 amide bonds. The van der Waals surface area contributed by atoms with E-state index in [2.05, 4.69) is 16.8 Å². The van der Waals surface area contributed by atoms with E-state index in [-0.39, 0.29) is 0 Å². The number of aromatic nitrogens is 1. The van der Waals surface area contributed by atoms with Gasteiger partial charge in [0.25, 0.3) is 0 Å². The van der Waals surface area contributed by atoms with Gasteiger partial charge < -0.3 is 5.73 Å². The van der Waals surface area contributed by atoms with Crippen LogP contribution in [0.5, 0.6) is 0 Å². The lowest BCUT2D eigenvalue weighted by molar-refractivity contribution is 1.29. The van der Waals surface area contributed by atoms with Gasteiger partial charge in [-0.2, -0.15) is 0 Å². The van der Waals surface area contributed by atoms with E-state index >= 15 is 0 Å². The van der Waals surface area contributed by atoms with E-state index in [9.17, 15) is 0 Å². The Morgan fingerprint density at radius 3 is 3.10 bits per heavy atom. The summed E-state index contributed by atoms with van der Waals surface area (Å²) in [6.07, 6.45) is 1.81. The highest BCUT2D eigenvalue weighted by Gasteiger charge is 1.90. The van der Waals surface area contributed by atoms with Crippen molar-refractivity contribution >= 4 is 11.3 Å². The van der Waals surface area contributed by atoms with E-state index in [1.807, 2.05) is 13.1 Å². The molecule has 2 N–H and O–H groups in total. The van der Waals surface area contributed by atoms with Gasteiger partial charge in [-0.1, -0.05) is 5.92 Å². The molecular weight excluding hydrogens is 144 g/mol. The number of hydrogen-bond acceptors (Lipinski definition) is 3. The quantitative estimate of drug-likeness (QED) is 0.557. The molecule has 1 heterocycles. The third-order valence-corrected chi connectivity index (χ3v) is 1.75. The first kappa shape index (κ1) is 7.26. The highest BCUT2D eigenvalue weighted by molar-refractivity contribution is 7.12. The van der Waals surface area contributed by atoms with Gasteiger partial charge in [-0.3, -0.25) is 0 Å². The average Bonchev–Trinajstić information content (AvgIpc) is 2.31. The average molecular weight is 152 g/mol. The van der Waals surface area contributed by atoms with Crippen LogP contribution in [0.15, 0.2) is 6.20 Å². The van der Waals surface area contributed by atoms with Gasteiger partial charge in [-0.05, 0) is 12.8 Å². The molecule has 1 aromatic heterocycles. The van der Waals surface area contributed by atoms with Gasteiger partial charge in [-0.25, -0.2) is 4.98 Å². The van der Waals surface area contributed by atoms with Gasteiger partial charge in [0.05, 0.1) is 6.54 Å². The lowest BCUT2D eigenvalue weighted by Crippen LogP contribution is -1.92. The molecule has 0 spiro atoms. The van der Waals surface area contributed by atoms with Crippen molar-refractivity contribution in [1.29, 1.82) is 0 Å². The van der Waals surface area contributed by atoms with Crippen LogP contribution in [-0.2, 0) is 0 Å². The minimum atomic E-state index is 0.401. The number of hydrogen-bond donors (Lipinski definition) is 1. The van der Waals surface area contributed by atoms with Gasteiger partial charge >= 0.3 is 0 Å². The van der Waals surface area contributed by atoms with Crippen molar-refractivity contribution in [2.75, 3.05) is 6.54 Å². The third kappa shape index (κ3) is 1.83. The molecule has 52 valence electrons. The van der Waals surface area contributed by atoms with Crippen molar-refractivity contribution < 1.29 is 0 Å². The fraction of sp³-hybridized carbons (Fsp3) is 0.286. The Hall–Kier alpha value is -0.850. The summed E-state index contributed by atoms with van der Waals surface area (Å²) in [5.41, 5.74) is 5.19. The van der Waals surface area contributed by atoms with E-state index < -0.39 is 0 Å². The highest BCUT2D eigenvalue weighted by atomic mass is 32.1. The minimum absolute atomic E-state index is 0.401. The fourth-order valence-corrected chi connectivity index (χ4v) is 1.18. The van der Waals surface area contributed by atoms with Crippen molar-refractivity contribution in [3.63, 3.8) is 0 Å². The van der Waals surface area contributed by atoms with Crippen molar-refractivity contribution in [2.45, 2.75) is 6.92 Å². The first-order valence-corrected chi connectivity index (χ1v) is 3.76. The molecule has 0 aliphatic carbocycles. The van der Waals surface area contributed by atoms with Gasteiger partial charge in [0, 0.05) is 11.1 Å². The SMILES string of the molecule is Cc1cnc(C#CCN)s1. The Kier molecular flexibility index (Phi) is 2.43. The summed E-state index contributed by atoms with van der Waals surface area (Å²) in [6.45, 7) is 2.41. The van der Waals surface area contributed by atoms with Gasteiger partial charge in [-0.15, -0.1) is 11.3 Å². The van der Waals surface area contributed by atoms with E-state index in [1.165, 1.54) is 4.88 Å². The molecule has 3 heteroatoms. The predicted molar refractivity (Wildman–Crippen MR) is 42.8 cm³/mol.